The molecule has 1 N–H and O–H groups in total. The molecule has 0 amide bonds. The van der Waals surface area contributed by atoms with E-state index in [4.69, 9.17) is 18.8 Å². The normalized spacial score (nSPS) is 10.6. The molecule has 0 aliphatic rings. The minimum absolute atomic E-state index is 0. The minimum atomic E-state index is -3.96. The zero-order valence-corrected chi connectivity index (χ0v) is 18.1. The molecule has 0 aromatic carbocycles. The summed E-state index contributed by atoms with van der Waals surface area (Å²) in [5.74, 6) is -3.35. The van der Waals surface area contributed by atoms with Crippen LogP contribution in [-0.2, 0) is 38.7 Å². The number of ether oxygens (including phenoxy) is 3. The van der Waals surface area contributed by atoms with Gasteiger partial charge < -0.3 is 15.6 Å². The van der Waals surface area contributed by atoms with Crippen molar-refractivity contribution in [2.24, 2.45) is 5.92 Å². The molecule has 0 atom stereocenters. The minimum Gasteiger partial charge on any atom is -1.00 e. The van der Waals surface area contributed by atoms with Crippen molar-refractivity contribution in [3.63, 3.8) is 0 Å². The van der Waals surface area contributed by atoms with Crippen molar-refractivity contribution in [3.05, 3.63) is 24.3 Å². The Hall–Kier alpha value is -1.60. The van der Waals surface area contributed by atoms with Crippen LogP contribution >= 0.6 is 0 Å². The summed E-state index contributed by atoms with van der Waals surface area (Å²) in [6, 6.07) is 0. The third-order valence-corrected chi connectivity index (χ3v) is 4.21. The van der Waals surface area contributed by atoms with Gasteiger partial charge in [0, 0.05) is 11.1 Å². The molecule has 0 aromatic heterocycles. The van der Waals surface area contributed by atoms with Gasteiger partial charge in [0.2, 0.25) is 0 Å². The predicted octanol–water partition coefficient (Wildman–Crippen LogP) is -1.05. The van der Waals surface area contributed by atoms with Crippen LogP contribution in [0.4, 0.5) is 0 Å². The molecule has 0 saturated heterocycles. The predicted molar refractivity (Wildman–Crippen MR) is 102 cm³/mol. The second-order valence-electron chi connectivity index (χ2n) is 6.32. The first kappa shape index (κ1) is 29.6. The number of hydrogen-bond donors (Lipinski definition) is 1. The Bertz CT molecular complexity index is 662. The summed E-state index contributed by atoms with van der Waals surface area (Å²) in [7, 11) is -3.96. The number of carbonyl (C=O) groups is 3. The Morgan fingerprint density at radius 1 is 0.897 bits per heavy atom. The molecule has 162 valence electrons. The van der Waals surface area contributed by atoms with Crippen LogP contribution in [0, 0.1) is 5.92 Å². The summed E-state index contributed by atoms with van der Waals surface area (Å²) in [5.41, 5.74) is 0.326. The van der Waals surface area contributed by atoms with Crippen molar-refractivity contribution < 1.29 is 61.9 Å². The van der Waals surface area contributed by atoms with Crippen molar-refractivity contribution >= 4 is 28.0 Å². The second-order valence-corrected chi connectivity index (χ2v) is 7.89. The molecule has 0 fully saturated rings. The van der Waals surface area contributed by atoms with E-state index in [1.54, 1.807) is 0 Å². The van der Waals surface area contributed by atoms with E-state index in [0.29, 0.717) is 25.7 Å². The van der Waals surface area contributed by atoms with E-state index < -0.39 is 33.9 Å². The van der Waals surface area contributed by atoms with Crippen molar-refractivity contribution in [1.29, 1.82) is 0 Å². The van der Waals surface area contributed by atoms with Crippen molar-refractivity contribution in [3.8, 4) is 0 Å². The second kappa shape index (κ2) is 15.3. The molecule has 0 unspecified atom stereocenters. The molecule has 29 heavy (non-hydrogen) atoms. The summed E-state index contributed by atoms with van der Waals surface area (Å²) >= 11 is 0. The van der Waals surface area contributed by atoms with E-state index in [1.807, 2.05) is 0 Å². The summed E-state index contributed by atoms with van der Waals surface area (Å²) in [4.78, 5) is 35.1. The van der Waals surface area contributed by atoms with Crippen LogP contribution in [0.3, 0.4) is 0 Å². The van der Waals surface area contributed by atoms with Gasteiger partial charge in [-0.05, 0) is 26.7 Å². The van der Waals surface area contributed by atoms with Gasteiger partial charge in [-0.3, -0.25) is 9.35 Å². The molecule has 0 bridgehead atoms. The van der Waals surface area contributed by atoms with E-state index in [2.05, 4.69) is 13.2 Å². The zero-order chi connectivity index (χ0) is 21.7. The molecule has 0 aliphatic heterocycles. The van der Waals surface area contributed by atoms with Crippen LogP contribution in [0.25, 0.3) is 0 Å². The fourth-order valence-corrected chi connectivity index (χ4v) is 2.38. The van der Waals surface area contributed by atoms with Gasteiger partial charge in [-0.2, -0.15) is 8.42 Å². The van der Waals surface area contributed by atoms with Crippen LogP contribution in [0.5, 0.6) is 0 Å². The summed E-state index contributed by atoms with van der Waals surface area (Å²) in [6.45, 7) is 9.19. The Morgan fingerprint density at radius 3 is 1.76 bits per heavy atom. The Morgan fingerprint density at radius 2 is 1.34 bits per heavy atom. The fraction of sp³-hybridized carbons (Fsp3) is 0.611. The van der Waals surface area contributed by atoms with Crippen LogP contribution < -0.4 is 18.9 Å². The van der Waals surface area contributed by atoms with E-state index >= 15 is 0 Å². The molecule has 9 nitrogen and oxygen atoms in total. The third-order valence-electron chi connectivity index (χ3n) is 3.40. The molecular formula is C18H29LiO9S. The maximum absolute atomic E-state index is 12.2. The topological polar surface area (TPSA) is 133 Å². The van der Waals surface area contributed by atoms with E-state index in [-0.39, 0.29) is 57.0 Å². The van der Waals surface area contributed by atoms with Gasteiger partial charge in [0.25, 0.3) is 10.1 Å². The van der Waals surface area contributed by atoms with Crippen LogP contribution in [0.2, 0.25) is 0 Å². The summed E-state index contributed by atoms with van der Waals surface area (Å²) < 4.78 is 44.8. The molecule has 0 spiro atoms. The van der Waals surface area contributed by atoms with Gasteiger partial charge in [-0.15, -0.1) is 0 Å². The number of unbranched alkanes of at least 4 members (excludes halogenated alkanes) is 3. The first-order valence-corrected chi connectivity index (χ1v) is 10.3. The largest absolute Gasteiger partial charge is 1.00 e. The Kier molecular flexibility index (Phi) is 15.6. The van der Waals surface area contributed by atoms with Gasteiger partial charge in [0.15, 0.2) is 0 Å². The van der Waals surface area contributed by atoms with Crippen LogP contribution in [0.1, 0.15) is 41.0 Å². The number of rotatable bonds is 14. The fourth-order valence-electron chi connectivity index (χ4n) is 1.81. The molecule has 0 heterocycles. The molecule has 11 heteroatoms. The Labute approximate surface area is 185 Å². The first-order chi connectivity index (χ1) is 12.9. The molecule has 0 aliphatic carbocycles. The van der Waals surface area contributed by atoms with Gasteiger partial charge in [-0.25, -0.2) is 9.59 Å². The van der Waals surface area contributed by atoms with E-state index in [0.717, 1.165) is 0 Å². The number of carbonyl (C=O) groups excluding carboxylic acids is 3. The maximum Gasteiger partial charge on any atom is 1.00 e. The van der Waals surface area contributed by atoms with Crippen LogP contribution in [-0.4, -0.2) is 56.5 Å². The quantitative estimate of drug-likeness (QED) is 0.0918. The molecule has 0 aromatic rings. The molecule has 0 radical (unpaired) electrons. The van der Waals surface area contributed by atoms with Crippen molar-refractivity contribution in [2.45, 2.75) is 39.5 Å². The third kappa shape index (κ3) is 15.9. The standard InChI is InChI=1S/C18H28O9S.Li.H/c1-13(2)16(19)26-11-15(12-27-17(20)14(3)4)18(21)25-9-7-5-6-8-10-28(22,23)24;;/h15H,1,3,5-12H2,2,4H3,(H,22,23,24);;/q;+1;-1. The zero-order valence-electron chi connectivity index (χ0n) is 18.3. The summed E-state index contributed by atoms with van der Waals surface area (Å²) in [5, 5.41) is 0. The molecule has 0 saturated carbocycles. The average molecular weight is 428 g/mol. The summed E-state index contributed by atoms with van der Waals surface area (Å²) in [6.07, 6.45) is 1.94. The van der Waals surface area contributed by atoms with Gasteiger partial charge in [-0.1, -0.05) is 26.0 Å². The smallest absolute Gasteiger partial charge is 1.00 e. The van der Waals surface area contributed by atoms with Crippen LogP contribution in [0.15, 0.2) is 24.3 Å². The Balaban J connectivity index is -0.00000364. The maximum atomic E-state index is 12.2. The molecule has 0 rings (SSSR count). The monoisotopic (exact) mass is 428 g/mol. The van der Waals surface area contributed by atoms with Gasteiger partial charge >= 0.3 is 36.8 Å². The van der Waals surface area contributed by atoms with E-state index in [9.17, 15) is 22.8 Å². The van der Waals surface area contributed by atoms with Crippen molar-refractivity contribution in [1.82, 2.24) is 0 Å². The van der Waals surface area contributed by atoms with E-state index in [1.165, 1.54) is 13.8 Å². The average Bonchev–Trinajstić information content (AvgIpc) is 2.58. The van der Waals surface area contributed by atoms with Gasteiger partial charge in [0.05, 0.1) is 12.4 Å². The SMILES string of the molecule is C=C(C)C(=O)OCC(COC(=O)C(=C)C)C(=O)OCCCCCCS(=O)(=O)O.[H-].[Li+]. The molecular weight excluding hydrogens is 399 g/mol. The van der Waals surface area contributed by atoms with Crippen molar-refractivity contribution in [2.75, 3.05) is 25.6 Å². The first-order valence-electron chi connectivity index (χ1n) is 8.71. The number of esters is 3. The van der Waals surface area contributed by atoms with Gasteiger partial charge in [0.1, 0.15) is 19.1 Å². The number of hydrogen-bond acceptors (Lipinski definition) is 8.